The van der Waals surface area contributed by atoms with E-state index in [2.05, 4.69) is 40.9 Å². The number of nitrogens with one attached hydrogen (secondary N) is 1. The summed E-state index contributed by atoms with van der Waals surface area (Å²) < 4.78 is 2.29. The summed E-state index contributed by atoms with van der Waals surface area (Å²) in [4.78, 5) is 0. The monoisotopic (exact) mass is 236 g/mol. The van der Waals surface area contributed by atoms with Crippen molar-refractivity contribution in [3.05, 3.63) is 11.6 Å². The maximum Gasteiger partial charge on any atom is 0.147 e. The van der Waals surface area contributed by atoms with Crippen molar-refractivity contribution in [2.45, 2.75) is 53.1 Å². The van der Waals surface area contributed by atoms with Crippen molar-refractivity contribution in [2.75, 3.05) is 6.54 Å². The lowest BCUT2D eigenvalue weighted by atomic mass is 9.98. The first-order chi connectivity index (χ1) is 8.18. The fourth-order valence-electron chi connectivity index (χ4n) is 2.15. The molecule has 0 saturated carbocycles. The lowest BCUT2D eigenvalue weighted by molar-refractivity contribution is 0.387. The van der Waals surface area contributed by atoms with Crippen LogP contribution in [0, 0.1) is 11.8 Å². The average molecular weight is 236 g/mol. The normalized spacial score (nSPS) is 17.2. The number of hydrogen-bond donors (Lipinski definition) is 1. The van der Waals surface area contributed by atoms with Crippen LogP contribution in [0.3, 0.4) is 0 Å². The minimum absolute atomic E-state index is 0.707. The highest BCUT2D eigenvalue weighted by molar-refractivity contribution is 4.98. The molecule has 0 aromatic carbocycles. The highest BCUT2D eigenvalue weighted by atomic mass is 15.3. The second kappa shape index (κ2) is 5.63. The van der Waals surface area contributed by atoms with Gasteiger partial charge in [-0.2, -0.15) is 0 Å². The molecule has 1 N–H and O–H groups in total. The molecule has 4 heteroatoms. The maximum atomic E-state index is 4.29. The van der Waals surface area contributed by atoms with Crippen molar-refractivity contribution in [3.8, 4) is 0 Å². The van der Waals surface area contributed by atoms with E-state index in [-0.39, 0.29) is 0 Å². The Bertz CT molecular complexity index is 356. The van der Waals surface area contributed by atoms with Crippen molar-refractivity contribution in [2.24, 2.45) is 11.8 Å². The molecule has 1 aromatic heterocycles. The van der Waals surface area contributed by atoms with E-state index in [1.807, 2.05) is 0 Å². The fraction of sp³-hybridized carbons (Fsp3) is 0.846. The Labute approximate surface area is 104 Å². The van der Waals surface area contributed by atoms with Crippen LogP contribution in [0.1, 0.15) is 45.3 Å². The van der Waals surface area contributed by atoms with Gasteiger partial charge in [-0.25, -0.2) is 0 Å². The number of hydrogen-bond acceptors (Lipinski definition) is 3. The van der Waals surface area contributed by atoms with Gasteiger partial charge in [0, 0.05) is 13.0 Å². The molecule has 1 unspecified atom stereocenters. The van der Waals surface area contributed by atoms with Crippen molar-refractivity contribution in [1.82, 2.24) is 20.1 Å². The summed E-state index contributed by atoms with van der Waals surface area (Å²) in [6.45, 7) is 9.83. The molecular formula is C13H24N4. The Hall–Kier alpha value is -0.900. The van der Waals surface area contributed by atoms with Gasteiger partial charge in [0.25, 0.3) is 0 Å². The Morgan fingerprint density at radius 3 is 2.82 bits per heavy atom. The van der Waals surface area contributed by atoms with Gasteiger partial charge in [-0.3, -0.25) is 0 Å². The third-order valence-corrected chi connectivity index (χ3v) is 3.82. The molecule has 1 atom stereocenters. The summed E-state index contributed by atoms with van der Waals surface area (Å²) in [5.74, 6) is 3.72. The summed E-state index contributed by atoms with van der Waals surface area (Å²) in [6, 6.07) is 0. The first-order valence-electron chi connectivity index (χ1n) is 6.80. The summed E-state index contributed by atoms with van der Waals surface area (Å²) in [7, 11) is 0. The maximum absolute atomic E-state index is 4.29. The molecule has 4 nitrogen and oxygen atoms in total. The van der Waals surface area contributed by atoms with E-state index in [0.717, 1.165) is 37.8 Å². The minimum Gasteiger partial charge on any atom is -0.314 e. The molecule has 0 radical (unpaired) electrons. The van der Waals surface area contributed by atoms with Gasteiger partial charge < -0.3 is 9.88 Å². The molecule has 17 heavy (non-hydrogen) atoms. The first-order valence-corrected chi connectivity index (χ1v) is 6.80. The van der Waals surface area contributed by atoms with Crippen LogP contribution in [0.4, 0.5) is 0 Å². The van der Waals surface area contributed by atoms with Gasteiger partial charge in [-0.1, -0.05) is 20.8 Å². The lowest BCUT2D eigenvalue weighted by Gasteiger charge is -2.17. The van der Waals surface area contributed by atoms with E-state index in [1.165, 1.54) is 18.7 Å². The second-order valence-corrected chi connectivity index (χ2v) is 5.49. The molecule has 0 aliphatic carbocycles. The molecule has 0 fully saturated rings. The van der Waals surface area contributed by atoms with E-state index in [4.69, 9.17) is 0 Å². The summed E-state index contributed by atoms with van der Waals surface area (Å²) >= 11 is 0. The third-order valence-electron chi connectivity index (χ3n) is 3.82. The van der Waals surface area contributed by atoms with Gasteiger partial charge in [0.15, 0.2) is 0 Å². The van der Waals surface area contributed by atoms with Crippen LogP contribution in [0.15, 0.2) is 0 Å². The molecule has 0 saturated heterocycles. The van der Waals surface area contributed by atoms with Gasteiger partial charge in [0.2, 0.25) is 0 Å². The van der Waals surface area contributed by atoms with Crippen molar-refractivity contribution in [3.63, 3.8) is 0 Å². The fourth-order valence-corrected chi connectivity index (χ4v) is 2.15. The van der Waals surface area contributed by atoms with E-state index < -0.39 is 0 Å². The molecule has 2 rings (SSSR count). The first kappa shape index (κ1) is 12.6. The predicted molar refractivity (Wildman–Crippen MR) is 68.7 cm³/mol. The van der Waals surface area contributed by atoms with Crippen LogP contribution in [0.5, 0.6) is 0 Å². The minimum atomic E-state index is 0.707. The van der Waals surface area contributed by atoms with Crippen LogP contribution in [0.25, 0.3) is 0 Å². The Balaban J connectivity index is 1.85. The zero-order chi connectivity index (χ0) is 12.3. The standard InChI is InChI=1S/C13H24N4/c1-10(2)11(3)8-14-9-13-16-15-12-6-4-5-7-17(12)13/h10-11,14H,4-9H2,1-3H3. The average Bonchev–Trinajstić information content (AvgIpc) is 2.72. The summed E-state index contributed by atoms with van der Waals surface area (Å²) in [6.07, 6.45) is 3.62. The lowest BCUT2D eigenvalue weighted by Crippen LogP contribution is -2.26. The molecule has 1 aromatic rings. The van der Waals surface area contributed by atoms with Crippen molar-refractivity contribution in [1.29, 1.82) is 0 Å². The smallest absolute Gasteiger partial charge is 0.147 e. The van der Waals surface area contributed by atoms with Gasteiger partial charge in [0.05, 0.1) is 6.54 Å². The molecule has 2 heterocycles. The largest absolute Gasteiger partial charge is 0.314 e. The van der Waals surface area contributed by atoms with Crippen molar-refractivity contribution < 1.29 is 0 Å². The quantitative estimate of drug-likeness (QED) is 0.850. The van der Waals surface area contributed by atoms with E-state index in [0.29, 0.717) is 5.92 Å². The predicted octanol–water partition coefficient (Wildman–Crippen LogP) is 2.00. The molecule has 0 bridgehead atoms. The van der Waals surface area contributed by atoms with Crippen molar-refractivity contribution >= 4 is 0 Å². The Morgan fingerprint density at radius 2 is 2.06 bits per heavy atom. The van der Waals surface area contributed by atoms with Gasteiger partial charge in [-0.05, 0) is 31.2 Å². The zero-order valence-corrected chi connectivity index (χ0v) is 11.2. The Kier molecular flexibility index (Phi) is 4.15. The molecule has 0 spiro atoms. The summed E-state index contributed by atoms with van der Waals surface area (Å²) in [5, 5.41) is 12.0. The third kappa shape index (κ3) is 3.06. The van der Waals surface area contributed by atoms with Gasteiger partial charge in [-0.15, -0.1) is 10.2 Å². The number of aryl methyl sites for hydroxylation is 1. The van der Waals surface area contributed by atoms with Gasteiger partial charge in [0.1, 0.15) is 11.6 Å². The highest BCUT2D eigenvalue weighted by Crippen LogP contribution is 2.14. The molecule has 96 valence electrons. The Morgan fingerprint density at radius 1 is 1.24 bits per heavy atom. The van der Waals surface area contributed by atoms with E-state index in [9.17, 15) is 0 Å². The number of rotatable bonds is 5. The van der Waals surface area contributed by atoms with E-state index in [1.54, 1.807) is 0 Å². The highest BCUT2D eigenvalue weighted by Gasteiger charge is 2.15. The van der Waals surface area contributed by atoms with Crippen LogP contribution >= 0.6 is 0 Å². The molecule has 0 amide bonds. The molecule has 1 aliphatic heterocycles. The van der Waals surface area contributed by atoms with E-state index >= 15 is 0 Å². The molecular weight excluding hydrogens is 212 g/mol. The van der Waals surface area contributed by atoms with Gasteiger partial charge >= 0.3 is 0 Å². The molecule has 1 aliphatic rings. The zero-order valence-electron chi connectivity index (χ0n) is 11.2. The van der Waals surface area contributed by atoms with Crippen LogP contribution < -0.4 is 5.32 Å². The summed E-state index contributed by atoms with van der Waals surface area (Å²) in [5.41, 5.74) is 0. The topological polar surface area (TPSA) is 42.7 Å². The SMILES string of the molecule is CC(C)C(C)CNCc1nnc2n1CCCC2. The van der Waals surface area contributed by atoms with Crippen LogP contribution in [-0.2, 0) is 19.5 Å². The van der Waals surface area contributed by atoms with Crippen LogP contribution in [0.2, 0.25) is 0 Å². The number of nitrogens with zero attached hydrogens (tertiary/aromatic N) is 3. The number of fused-ring (bicyclic) bond motifs is 1. The van der Waals surface area contributed by atoms with Crippen LogP contribution in [-0.4, -0.2) is 21.3 Å². The number of aromatic nitrogens is 3. The second-order valence-electron chi connectivity index (χ2n) is 5.49.